The van der Waals surface area contributed by atoms with E-state index in [1.165, 1.54) is 5.56 Å². The second kappa shape index (κ2) is 4.57. The first kappa shape index (κ1) is 11.6. The van der Waals surface area contributed by atoms with Crippen LogP contribution in [-0.2, 0) is 16.0 Å². The average molecular weight is 233 g/mol. The number of carboxylic acid groups (broad SMARTS) is 1. The number of carbonyl (C=O) groups is 2. The summed E-state index contributed by atoms with van der Waals surface area (Å²) in [6.45, 7) is 1.74. The first-order chi connectivity index (χ1) is 8.13. The molecule has 0 aliphatic heterocycles. The third kappa shape index (κ3) is 2.16. The number of aliphatic carboxylic acids is 1. The molecule has 1 aliphatic rings. The van der Waals surface area contributed by atoms with Gasteiger partial charge in [0.2, 0.25) is 5.91 Å². The third-order valence-electron chi connectivity index (χ3n) is 3.19. The van der Waals surface area contributed by atoms with E-state index in [-0.39, 0.29) is 11.8 Å². The van der Waals surface area contributed by atoms with E-state index < -0.39 is 12.0 Å². The van der Waals surface area contributed by atoms with Gasteiger partial charge in [0, 0.05) is 0 Å². The van der Waals surface area contributed by atoms with Gasteiger partial charge in [0.25, 0.3) is 0 Å². The molecular weight excluding hydrogens is 218 g/mol. The van der Waals surface area contributed by atoms with Crippen molar-refractivity contribution in [2.75, 3.05) is 0 Å². The van der Waals surface area contributed by atoms with Crippen LogP contribution in [-0.4, -0.2) is 23.0 Å². The van der Waals surface area contributed by atoms with Crippen LogP contribution in [0.2, 0.25) is 0 Å². The molecular formula is C13H15NO3. The molecule has 4 heteroatoms. The van der Waals surface area contributed by atoms with Crippen LogP contribution in [0.4, 0.5) is 0 Å². The lowest BCUT2D eigenvalue weighted by Gasteiger charge is -2.29. The summed E-state index contributed by atoms with van der Waals surface area (Å²) in [6.07, 6.45) is 1.10. The molecule has 1 aliphatic carbocycles. The highest BCUT2D eigenvalue weighted by Crippen LogP contribution is 2.34. The van der Waals surface area contributed by atoms with Crippen molar-refractivity contribution >= 4 is 11.9 Å². The van der Waals surface area contributed by atoms with Crippen LogP contribution in [0.25, 0.3) is 0 Å². The number of carboxylic acids is 1. The molecule has 1 unspecified atom stereocenters. The zero-order valence-electron chi connectivity index (χ0n) is 9.64. The summed E-state index contributed by atoms with van der Waals surface area (Å²) in [5.74, 6) is -1.34. The molecule has 1 aromatic carbocycles. The van der Waals surface area contributed by atoms with Crippen molar-refractivity contribution in [2.24, 2.45) is 0 Å². The van der Waals surface area contributed by atoms with Crippen LogP contribution in [0.1, 0.15) is 30.4 Å². The minimum atomic E-state index is -0.978. The van der Waals surface area contributed by atoms with Gasteiger partial charge in [-0.15, -0.1) is 0 Å². The van der Waals surface area contributed by atoms with Gasteiger partial charge in [0.1, 0.15) is 6.04 Å². The molecule has 0 aromatic heterocycles. The standard InChI is InChI=1S/C13H15NO3/c1-2-11(13(16)17)14-12(15)10-7-8-5-3-4-6-9(8)10/h3-6,10-11H,2,7H2,1H3,(H,14,15)(H,16,17)/t10?,11-/m0/s1. The van der Waals surface area contributed by atoms with Gasteiger partial charge in [-0.25, -0.2) is 4.79 Å². The lowest BCUT2D eigenvalue weighted by Crippen LogP contribution is -2.44. The molecule has 1 aromatic rings. The minimum absolute atomic E-state index is 0.181. The largest absolute Gasteiger partial charge is 0.480 e. The fourth-order valence-corrected chi connectivity index (χ4v) is 2.10. The lowest BCUT2D eigenvalue weighted by molar-refractivity contribution is -0.142. The van der Waals surface area contributed by atoms with Crippen molar-refractivity contribution in [3.8, 4) is 0 Å². The maximum Gasteiger partial charge on any atom is 0.326 e. The van der Waals surface area contributed by atoms with Gasteiger partial charge in [0.15, 0.2) is 0 Å². The van der Waals surface area contributed by atoms with Crippen molar-refractivity contribution in [3.63, 3.8) is 0 Å². The lowest BCUT2D eigenvalue weighted by atomic mass is 9.77. The minimum Gasteiger partial charge on any atom is -0.480 e. The Bertz CT molecular complexity index is 456. The Balaban J connectivity index is 2.02. The number of amides is 1. The third-order valence-corrected chi connectivity index (χ3v) is 3.19. The van der Waals surface area contributed by atoms with Gasteiger partial charge in [0.05, 0.1) is 5.92 Å². The van der Waals surface area contributed by atoms with E-state index in [9.17, 15) is 9.59 Å². The number of fused-ring (bicyclic) bond motifs is 1. The number of benzene rings is 1. The van der Waals surface area contributed by atoms with Crippen molar-refractivity contribution in [3.05, 3.63) is 35.4 Å². The highest BCUT2D eigenvalue weighted by molar-refractivity contribution is 5.90. The highest BCUT2D eigenvalue weighted by atomic mass is 16.4. The fourth-order valence-electron chi connectivity index (χ4n) is 2.10. The van der Waals surface area contributed by atoms with Crippen LogP contribution in [0.5, 0.6) is 0 Å². The predicted molar refractivity (Wildman–Crippen MR) is 62.7 cm³/mol. The van der Waals surface area contributed by atoms with Crippen LogP contribution >= 0.6 is 0 Å². The van der Waals surface area contributed by atoms with E-state index >= 15 is 0 Å². The first-order valence-corrected chi connectivity index (χ1v) is 5.74. The van der Waals surface area contributed by atoms with E-state index in [1.807, 2.05) is 24.3 Å². The molecule has 17 heavy (non-hydrogen) atoms. The predicted octanol–water partition coefficient (Wildman–Crippen LogP) is 1.31. The van der Waals surface area contributed by atoms with Gasteiger partial charge in [-0.3, -0.25) is 4.79 Å². The van der Waals surface area contributed by atoms with Crippen LogP contribution in [0.3, 0.4) is 0 Å². The zero-order valence-corrected chi connectivity index (χ0v) is 9.64. The Labute approximate surface area is 99.6 Å². The molecule has 4 nitrogen and oxygen atoms in total. The normalized spacial score (nSPS) is 18.8. The van der Waals surface area contributed by atoms with E-state index in [0.29, 0.717) is 12.8 Å². The summed E-state index contributed by atoms with van der Waals surface area (Å²) >= 11 is 0. The molecule has 0 bridgehead atoms. The van der Waals surface area contributed by atoms with Gasteiger partial charge < -0.3 is 10.4 Å². The fraction of sp³-hybridized carbons (Fsp3) is 0.385. The topological polar surface area (TPSA) is 66.4 Å². The molecule has 0 saturated heterocycles. The number of hydrogen-bond acceptors (Lipinski definition) is 2. The molecule has 0 saturated carbocycles. The second-order valence-electron chi connectivity index (χ2n) is 4.26. The number of nitrogens with one attached hydrogen (secondary N) is 1. The maximum atomic E-state index is 11.9. The molecule has 90 valence electrons. The molecule has 2 N–H and O–H groups in total. The Morgan fingerprint density at radius 2 is 2.18 bits per heavy atom. The average Bonchev–Trinajstić information content (AvgIpc) is 2.27. The Kier molecular flexibility index (Phi) is 3.13. The first-order valence-electron chi connectivity index (χ1n) is 5.74. The molecule has 0 spiro atoms. The Morgan fingerprint density at radius 3 is 2.76 bits per heavy atom. The van der Waals surface area contributed by atoms with Gasteiger partial charge in [-0.05, 0) is 24.0 Å². The second-order valence-corrected chi connectivity index (χ2v) is 4.26. The van der Waals surface area contributed by atoms with Crippen LogP contribution in [0, 0.1) is 0 Å². The van der Waals surface area contributed by atoms with Gasteiger partial charge in [-0.1, -0.05) is 31.2 Å². The monoisotopic (exact) mass is 233 g/mol. The van der Waals surface area contributed by atoms with Gasteiger partial charge >= 0.3 is 5.97 Å². The van der Waals surface area contributed by atoms with Crippen molar-refractivity contribution in [1.29, 1.82) is 0 Å². The quantitative estimate of drug-likeness (QED) is 0.823. The molecule has 1 amide bonds. The molecule has 2 atom stereocenters. The van der Waals surface area contributed by atoms with E-state index in [1.54, 1.807) is 6.92 Å². The molecule has 0 heterocycles. The van der Waals surface area contributed by atoms with Crippen molar-refractivity contribution in [2.45, 2.75) is 31.7 Å². The van der Waals surface area contributed by atoms with E-state index in [0.717, 1.165) is 5.56 Å². The number of hydrogen-bond donors (Lipinski definition) is 2. The zero-order chi connectivity index (χ0) is 12.4. The Morgan fingerprint density at radius 1 is 1.47 bits per heavy atom. The highest BCUT2D eigenvalue weighted by Gasteiger charge is 2.33. The SMILES string of the molecule is CC[C@H](NC(=O)C1Cc2ccccc21)C(=O)O. The van der Waals surface area contributed by atoms with Crippen molar-refractivity contribution in [1.82, 2.24) is 5.32 Å². The summed E-state index contributed by atoms with van der Waals surface area (Å²) < 4.78 is 0. The number of carbonyl (C=O) groups excluding carboxylic acids is 1. The van der Waals surface area contributed by atoms with Crippen LogP contribution < -0.4 is 5.32 Å². The van der Waals surface area contributed by atoms with E-state index in [2.05, 4.69) is 5.32 Å². The number of rotatable bonds is 4. The van der Waals surface area contributed by atoms with Crippen molar-refractivity contribution < 1.29 is 14.7 Å². The maximum absolute atomic E-state index is 11.9. The summed E-state index contributed by atoms with van der Waals surface area (Å²) in [4.78, 5) is 22.7. The Hall–Kier alpha value is -1.84. The van der Waals surface area contributed by atoms with Gasteiger partial charge in [-0.2, -0.15) is 0 Å². The molecule has 0 radical (unpaired) electrons. The van der Waals surface area contributed by atoms with E-state index in [4.69, 9.17) is 5.11 Å². The summed E-state index contributed by atoms with van der Waals surface area (Å²) in [5, 5.41) is 11.4. The molecule has 2 rings (SSSR count). The summed E-state index contributed by atoms with van der Waals surface area (Å²) in [7, 11) is 0. The summed E-state index contributed by atoms with van der Waals surface area (Å²) in [5.41, 5.74) is 2.20. The molecule has 0 fully saturated rings. The van der Waals surface area contributed by atoms with Crippen LogP contribution in [0.15, 0.2) is 24.3 Å². The summed E-state index contributed by atoms with van der Waals surface area (Å²) in [6, 6.07) is 6.97. The smallest absolute Gasteiger partial charge is 0.326 e.